The Kier molecular flexibility index (Phi) is 6.58. The topological polar surface area (TPSA) is 32.7 Å². The van der Waals surface area contributed by atoms with Gasteiger partial charge in [0.25, 0.3) is 0 Å². The average Bonchev–Trinajstić information content (AvgIpc) is 2.61. The molecule has 0 aromatic heterocycles. The van der Waals surface area contributed by atoms with E-state index >= 15 is 0 Å². The molecule has 0 aromatic carbocycles. The molecule has 2 fully saturated rings. The molecule has 3 rings (SSSR count). The van der Waals surface area contributed by atoms with E-state index in [1.807, 2.05) is 0 Å². The zero-order valence-corrected chi connectivity index (χ0v) is 14.5. The highest BCUT2D eigenvalue weighted by atomic mass is 16.5. The summed E-state index contributed by atoms with van der Waals surface area (Å²) < 4.78 is 5.93. The van der Waals surface area contributed by atoms with Crippen LogP contribution in [0, 0.1) is 11.8 Å². The van der Waals surface area contributed by atoms with Crippen LogP contribution < -0.4 is 0 Å². The summed E-state index contributed by atoms with van der Waals surface area (Å²) in [7, 11) is 0. The maximum Gasteiger partial charge on any atom is 0.115 e. The fourth-order valence-electron chi connectivity index (χ4n) is 4.26. The first-order chi connectivity index (χ1) is 11.3. The molecule has 3 heteroatoms. The van der Waals surface area contributed by atoms with E-state index in [4.69, 9.17) is 4.74 Å². The average molecular weight is 319 g/mol. The molecular formula is C20H33NO2. The molecule has 1 unspecified atom stereocenters. The molecule has 0 bridgehead atoms. The van der Waals surface area contributed by atoms with E-state index in [9.17, 15) is 5.11 Å². The number of nitrogens with zero attached hydrogens (tertiary/aromatic N) is 1. The van der Waals surface area contributed by atoms with Gasteiger partial charge in [0.15, 0.2) is 0 Å². The van der Waals surface area contributed by atoms with Gasteiger partial charge >= 0.3 is 0 Å². The summed E-state index contributed by atoms with van der Waals surface area (Å²) in [5, 5.41) is 9.63. The van der Waals surface area contributed by atoms with Crippen LogP contribution in [0.2, 0.25) is 0 Å². The molecule has 2 aliphatic carbocycles. The van der Waals surface area contributed by atoms with Gasteiger partial charge in [0.05, 0.1) is 12.7 Å². The first-order valence-electron chi connectivity index (χ1n) is 9.73. The lowest BCUT2D eigenvalue weighted by molar-refractivity contribution is 0.0971. The van der Waals surface area contributed by atoms with Crippen molar-refractivity contribution in [2.45, 2.75) is 63.9 Å². The maximum atomic E-state index is 9.63. The van der Waals surface area contributed by atoms with Crippen molar-refractivity contribution in [1.29, 1.82) is 0 Å². The van der Waals surface area contributed by atoms with Crippen molar-refractivity contribution in [2.75, 3.05) is 26.2 Å². The standard InChI is InChI=1S/C20H33NO2/c22-19-9-5-17(6-10-19)18-7-11-20(12-8-18)23-16-4-15-21-13-2-1-3-14-21/h7,11-12,17-19,22H,1-6,8-10,13-16H2/t17-,18?,19-. The molecular weight excluding hydrogens is 286 g/mol. The van der Waals surface area contributed by atoms with Gasteiger partial charge in [-0.05, 0) is 88.4 Å². The Balaban J connectivity index is 1.31. The molecule has 0 spiro atoms. The Morgan fingerprint density at radius 1 is 1.09 bits per heavy atom. The Bertz CT molecular complexity index is 404. The zero-order valence-electron chi connectivity index (χ0n) is 14.5. The lowest BCUT2D eigenvalue weighted by atomic mass is 9.76. The van der Waals surface area contributed by atoms with Crippen LogP contribution >= 0.6 is 0 Å². The van der Waals surface area contributed by atoms with Crippen LogP contribution in [0.25, 0.3) is 0 Å². The summed E-state index contributed by atoms with van der Waals surface area (Å²) in [5.41, 5.74) is 0. The summed E-state index contributed by atoms with van der Waals surface area (Å²) in [6.45, 7) is 4.58. The molecule has 3 nitrogen and oxygen atoms in total. The summed E-state index contributed by atoms with van der Waals surface area (Å²) in [6, 6.07) is 0. The second-order valence-corrected chi connectivity index (χ2v) is 7.54. The quantitative estimate of drug-likeness (QED) is 0.754. The van der Waals surface area contributed by atoms with Crippen molar-refractivity contribution in [1.82, 2.24) is 4.90 Å². The van der Waals surface area contributed by atoms with E-state index in [0.29, 0.717) is 5.92 Å². The molecule has 1 N–H and O–H groups in total. The predicted molar refractivity (Wildman–Crippen MR) is 94.2 cm³/mol. The second kappa shape index (κ2) is 8.89. The first-order valence-corrected chi connectivity index (χ1v) is 9.73. The molecule has 0 radical (unpaired) electrons. The number of aliphatic hydroxyl groups is 1. The van der Waals surface area contributed by atoms with Crippen molar-refractivity contribution in [3.05, 3.63) is 24.0 Å². The predicted octanol–water partition coefficient (Wildman–Crippen LogP) is 3.89. The monoisotopic (exact) mass is 319 g/mol. The number of likely N-dealkylation sites (tertiary alicyclic amines) is 1. The van der Waals surface area contributed by atoms with Crippen molar-refractivity contribution in [3.63, 3.8) is 0 Å². The van der Waals surface area contributed by atoms with E-state index in [0.717, 1.165) is 44.0 Å². The van der Waals surface area contributed by atoms with Gasteiger partial charge in [-0.25, -0.2) is 0 Å². The number of ether oxygens (including phenoxy) is 1. The lowest BCUT2D eigenvalue weighted by Gasteiger charge is -2.31. The third-order valence-electron chi connectivity index (χ3n) is 5.78. The fourth-order valence-corrected chi connectivity index (χ4v) is 4.26. The van der Waals surface area contributed by atoms with Gasteiger partial charge in [0.2, 0.25) is 0 Å². The van der Waals surface area contributed by atoms with Crippen molar-refractivity contribution in [3.8, 4) is 0 Å². The molecule has 1 heterocycles. The van der Waals surface area contributed by atoms with Crippen LogP contribution in [-0.4, -0.2) is 42.4 Å². The highest BCUT2D eigenvalue weighted by Gasteiger charge is 2.26. The SMILES string of the molecule is O[C@H]1CC[C@H](C2C=CC(OCCCN3CCCCC3)=CC2)CC1. The minimum atomic E-state index is -0.0480. The molecule has 1 aliphatic heterocycles. The number of piperidine rings is 1. The third-order valence-corrected chi connectivity index (χ3v) is 5.78. The number of hydrogen-bond donors (Lipinski definition) is 1. The largest absolute Gasteiger partial charge is 0.494 e. The molecule has 1 saturated heterocycles. The van der Waals surface area contributed by atoms with Crippen LogP contribution in [0.1, 0.15) is 57.8 Å². The minimum Gasteiger partial charge on any atom is -0.494 e. The normalized spacial score (nSPS) is 32.6. The highest BCUT2D eigenvalue weighted by molar-refractivity contribution is 5.19. The van der Waals surface area contributed by atoms with Crippen molar-refractivity contribution >= 4 is 0 Å². The fraction of sp³-hybridized carbons (Fsp3) is 0.800. The van der Waals surface area contributed by atoms with Gasteiger partial charge in [-0.3, -0.25) is 0 Å². The van der Waals surface area contributed by atoms with Gasteiger partial charge in [-0.2, -0.15) is 0 Å². The van der Waals surface area contributed by atoms with Crippen molar-refractivity contribution < 1.29 is 9.84 Å². The second-order valence-electron chi connectivity index (χ2n) is 7.54. The van der Waals surface area contributed by atoms with Crippen LogP contribution in [0.5, 0.6) is 0 Å². The molecule has 0 amide bonds. The Morgan fingerprint density at radius 3 is 2.57 bits per heavy atom. The van der Waals surface area contributed by atoms with E-state index in [2.05, 4.69) is 23.1 Å². The smallest absolute Gasteiger partial charge is 0.115 e. The molecule has 0 aromatic rings. The van der Waals surface area contributed by atoms with Crippen LogP contribution in [0.3, 0.4) is 0 Å². The van der Waals surface area contributed by atoms with E-state index in [-0.39, 0.29) is 6.10 Å². The Hall–Kier alpha value is -0.800. The number of aliphatic hydroxyl groups excluding tert-OH is 1. The number of hydrogen-bond acceptors (Lipinski definition) is 3. The van der Waals surface area contributed by atoms with Gasteiger partial charge in [-0.15, -0.1) is 0 Å². The summed E-state index contributed by atoms with van der Waals surface area (Å²) >= 11 is 0. The summed E-state index contributed by atoms with van der Waals surface area (Å²) in [5.74, 6) is 2.48. The molecule has 1 atom stereocenters. The molecule has 1 saturated carbocycles. The Morgan fingerprint density at radius 2 is 1.87 bits per heavy atom. The molecule has 3 aliphatic rings. The van der Waals surface area contributed by atoms with Gasteiger partial charge in [0.1, 0.15) is 5.76 Å². The summed E-state index contributed by atoms with van der Waals surface area (Å²) in [6.07, 6.45) is 17.5. The molecule has 23 heavy (non-hydrogen) atoms. The van der Waals surface area contributed by atoms with Gasteiger partial charge in [0, 0.05) is 6.54 Å². The highest BCUT2D eigenvalue weighted by Crippen LogP contribution is 2.35. The zero-order chi connectivity index (χ0) is 15.9. The number of rotatable bonds is 6. The summed E-state index contributed by atoms with van der Waals surface area (Å²) in [4.78, 5) is 2.57. The molecule has 130 valence electrons. The van der Waals surface area contributed by atoms with E-state index in [1.54, 1.807) is 0 Å². The third kappa shape index (κ3) is 5.36. The van der Waals surface area contributed by atoms with Gasteiger partial charge < -0.3 is 14.7 Å². The van der Waals surface area contributed by atoms with E-state index in [1.165, 1.54) is 51.7 Å². The van der Waals surface area contributed by atoms with Gasteiger partial charge in [-0.1, -0.05) is 12.5 Å². The lowest BCUT2D eigenvalue weighted by Crippen LogP contribution is -2.31. The number of allylic oxidation sites excluding steroid dienone is 3. The van der Waals surface area contributed by atoms with Crippen molar-refractivity contribution in [2.24, 2.45) is 11.8 Å². The van der Waals surface area contributed by atoms with E-state index < -0.39 is 0 Å². The maximum absolute atomic E-state index is 9.63. The van der Waals surface area contributed by atoms with Crippen LogP contribution in [-0.2, 0) is 4.74 Å². The van der Waals surface area contributed by atoms with Crippen LogP contribution in [0.4, 0.5) is 0 Å². The Labute approximate surface area is 141 Å². The van der Waals surface area contributed by atoms with Crippen LogP contribution in [0.15, 0.2) is 24.0 Å². The first kappa shape index (κ1) is 17.0. The minimum absolute atomic E-state index is 0.0480.